The molecule has 5 rings (SSSR count). The number of hydrogen-bond acceptors (Lipinski definition) is 9. The molecule has 5 atom stereocenters. The maximum Gasteiger partial charge on any atom is 0.259 e. The van der Waals surface area contributed by atoms with Gasteiger partial charge in [-0.1, -0.05) is 32.4 Å². The summed E-state index contributed by atoms with van der Waals surface area (Å²) < 4.78 is 65.5. The van der Waals surface area contributed by atoms with Crippen LogP contribution in [0.25, 0.3) is 10.8 Å². The van der Waals surface area contributed by atoms with Crippen molar-refractivity contribution in [1.82, 2.24) is 19.9 Å². The SMILES string of the molecule is COc1cnc(O[C@@H]2C[C@@H](C(=O)N[C@]3(C(=O)NS(=O)(=O)C4CC4)C[C@H]3CC(F)F)N(C(=O)C(N)C(C)(C)C)C2)c2cc(Cl)ccc12. The summed E-state index contributed by atoms with van der Waals surface area (Å²) in [6, 6.07) is 2.84. The van der Waals surface area contributed by atoms with Gasteiger partial charge in [0.25, 0.3) is 5.91 Å². The Balaban J connectivity index is 1.43. The minimum absolute atomic E-state index is 0.0538. The molecule has 1 unspecified atom stereocenters. The summed E-state index contributed by atoms with van der Waals surface area (Å²) in [7, 11) is -2.53. The summed E-state index contributed by atoms with van der Waals surface area (Å²) in [5.41, 5.74) is 3.75. The van der Waals surface area contributed by atoms with Crippen molar-refractivity contribution in [3.05, 3.63) is 29.4 Å². The van der Waals surface area contributed by atoms with Crippen molar-refractivity contribution in [2.24, 2.45) is 17.1 Å². The Bertz CT molecular complexity index is 1650. The quantitative estimate of drug-likeness (QED) is 0.322. The van der Waals surface area contributed by atoms with Crippen molar-refractivity contribution >= 4 is 50.1 Å². The van der Waals surface area contributed by atoms with E-state index in [9.17, 15) is 31.6 Å². The lowest BCUT2D eigenvalue weighted by Crippen LogP contribution is -2.59. The van der Waals surface area contributed by atoms with Gasteiger partial charge in [0.2, 0.25) is 34.1 Å². The third-order valence-electron chi connectivity index (χ3n) is 8.84. The zero-order chi connectivity index (χ0) is 33.8. The van der Waals surface area contributed by atoms with Crippen LogP contribution in [0.1, 0.15) is 52.9 Å². The van der Waals surface area contributed by atoms with E-state index in [0.29, 0.717) is 34.4 Å². The number of methoxy groups -OCH3 is 1. The van der Waals surface area contributed by atoms with Gasteiger partial charge >= 0.3 is 0 Å². The Kier molecular flexibility index (Phi) is 9.16. The second-order valence-electron chi connectivity index (χ2n) is 13.3. The molecule has 12 nitrogen and oxygen atoms in total. The van der Waals surface area contributed by atoms with E-state index in [1.165, 1.54) is 18.2 Å². The lowest BCUT2D eigenvalue weighted by Gasteiger charge is -2.33. The maximum atomic E-state index is 13.9. The predicted molar refractivity (Wildman–Crippen MR) is 165 cm³/mol. The van der Waals surface area contributed by atoms with E-state index in [1.54, 1.807) is 39.0 Å². The fourth-order valence-corrected chi connectivity index (χ4v) is 7.34. The number of aromatic nitrogens is 1. The Morgan fingerprint density at radius 1 is 1.22 bits per heavy atom. The van der Waals surface area contributed by atoms with Crippen LogP contribution in [0.5, 0.6) is 11.6 Å². The zero-order valence-electron chi connectivity index (χ0n) is 25.9. The summed E-state index contributed by atoms with van der Waals surface area (Å²) in [4.78, 5) is 46.5. The highest BCUT2D eigenvalue weighted by molar-refractivity contribution is 7.91. The van der Waals surface area contributed by atoms with Gasteiger partial charge < -0.3 is 25.4 Å². The number of hydrogen-bond donors (Lipinski definition) is 3. The van der Waals surface area contributed by atoms with E-state index in [-0.39, 0.29) is 25.3 Å². The van der Waals surface area contributed by atoms with Gasteiger partial charge in [0.1, 0.15) is 23.4 Å². The standard InChI is InChI=1S/C30H38ClF2N5O7S/c1-29(2,3)24(34)27(40)38-14-17(45-26-20-10-16(31)5-8-19(20)22(44-4)13-35-26)11-21(38)25(39)36-30(12-15(30)9-23(32)33)28(41)37-46(42,43)18-6-7-18/h5,8,10,13,15,17-18,21,23-24H,6-7,9,11-12,14,34H2,1-4H3,(H,36,39)(H,37,41)/t15-,17-,21+,24?,30-/m1/s1. The minimum Gasteiger partial charge on any atom is -0.494 e. The topological polar surface area (TPSA) is 170 Å². The zero-order valence-corrected chi connectivity index (χ0v) is 27.5. The van der Waals surface area contributed by atoms with Crippen LogP contribution in [0.2, 0.25) is 5.02 Å². The number of carbonyl (C=O) groups is 3. The molecule has 1 aromatic heterocycles. The molecule has 3 amide bonds. The third kappa shape index (κ3) is 6.86. The van der Waals surface area contributed by atoms with Crippen molar-refractivity contribution < 1.29 is 41.1 Å². The number of fused-ring (bicyclic) bond motifs is 1. The number of sulfonamides is 1. The van der Waals surface area contributed by atoms with Crippen molar-refractivity contribution in [3.63, 3.8) is 0 Å². The summed E-state index contributed by atoms with van der Waals surface area (Å²) in [5, 5.41) is 3.43. The smallest absolute Gasteiger partial charge is 0.259 e. The van der Waals surface area contributed by atoms with Crippen LogP contribution in [0.4, 0.5) is 8.78 Å². The number of likely N-dealkylation sites (tertiary alicyclic amines) is 1. The van der Waals surface area contributed by atoms with Crippen LogP contribution in [0.3, 0.4) is 0 Å². The molecular formula is C30H38ClF2N5O7S. The Morgan fingerprint density at radius 3 is 2.52 bits per heavy atom. The van der Waals surface area contributed by atoms with Crippen LogP contribution < -0.4 is 25.2 Å². The first-order valence-corrected chi connectivity index (χ1v) is 16.9. The van der Waals surface area contributed by atoms with Gasteiger partial charge in [0, 0.05) is 28.6 Å². The molecule has 46 heavy (non-hydrogen) atoms. The van der Waals surface area contributed by atoms with Gasteiger partial charge in [0.05, 0.1) is 31.1 Å². The number of nitrogens with zero attached hydrogens (tertiary/aromatic N) is 2. The van der Waals surface area contributed by atoms with E-state index >= 15 is 0 Å². The van der Waals surface area contributed by atoms with Crippen LogP contribution in [0, 0.1) is 11.3 Å². The van der Waals surface area contributed by atoms with Crippen LogP contribution >= 0.6 is 11.6 Å². The molecule has 0 radical (unpaired) electrons. The molecule has 0 spiro atoms. The van der Waals surface area contributed by atoms with Crippen LogP contribution in [-0.2, 0) is 24.4 Å². The highest BCUT2D eigenvalue weighted by Crippen LogP contribution is 2.48. The number of alkyl halides is 2. The van der Waals surface area contributed by atoms with Gasteiger partial charge in [-0.05, 0) is 48.8 Å². The van der Waals surface area contributed by atoms with Crippen molar-refractivity contribution in [3.8, 4) is 11.6 Å². The molecule has 1 saturated heterocycles. The molecule has 4 N–H and O–H groups in total. The highest BCUT2D eigenvalue weighted by atomic mass is 35.5. The number of nitrogens with two attached hydrogens (primary N) is 1. The summed E-state index contributed by atoms with van der Waals surface area (Å²) in [6.45, 7) is 5.23. The largest absolute Gasteiger partial charge is 0.494 e. The third-order valence-corrected chi connectivity index (χ3v) is 10.9. The molecule has 2 heterocycles. The molecule has 1 aromatic carbocycles. The van der Waals surface area contributed by atoms with E-state index in [2.05, 4.69) is 10.3 Å². The van der Waals surface area contributed by atoms with Crippen LogP contribution in [-0.4, -0.2) is 85.1 Å². The van der Waals surface area contributed by atoms with Gasteiger partial charge in [-0.2, -0.15) is 0 Å². The van der Waals surface area contributed by atoms with Crippen molar-refractivity contribution in [2.75, 3.05) is 13.7 Å². The van der Waals surface area contributed by atoms with Crippen LogP contribution in [0.15, 0.2) is 24.4 Å². The summed E-state index contributed by atoms with van der Waals surface area (Å²) >= 11 is 6.25. The molecule has 0 bridgehead atoms. The average molecular weight is 686 g/mol. The van der Waals surface area contributed by atoms with Crippen molar-refractivity contribution in [2.45, 2.75) is 88.3 Å². The Labute approximate surface area is 270 Å². The van der Waals surface area contributed by atoms with E-state index in [0.717, 1.165) is 0 Å². The molecule has 1 aliphatic heterocycles. The molecule has 252 valence electrons. The van der Waals surface area contributed by atoms with Gasteiger partial charge in [0.15, 0.2) is 0 Å². The first kappa shape index (κ1) is 34.0. The lowest BCUT2D eigenvalue weighted by molar-refractivity contribution is -0.142. The van der Waals surface area contributed by atoms with Gasteiger partial charge in [-0.25, -0.2) is 22.2 Å². The first-order valence-electron chi connectivity index (χ1n) is 15.0. The number of carbonyl (C=O) groups excluding carboxylic acids is 3. The first-order chi connectivity index (χ1) is 21.5. The number of benzene rings is 1. The normalized spacial score (nSPS) is 25.3. The average Bonchev–Trinajstić information content (AvgIpc) is 3.89. The van der Waals surface area contributed by atoms with Crippen molar-refractivity contribution in [1.29, 1.82) is 0 Å². The highest BCUT2D eigenvalue weighted by Gasteiger charge is 2.63. The maximum absolute atomic E-state index is 13.9. The van der Waals surface area contributed by atoms with Gasteiger partial charge in [-0.15, -0.1) is 0 Å². The molecule has 3 aliphatic rings. The molecule has 2 aromatic rings. The number of halogens is 3. The number of amides is 3. The fraction of sp³-hybridized carbons (Fsp3) is 0.600. The lowest BCUT2D eigenvalue weighted by atomic mass is 9.86. The fourth-order valence-electron chi connectivity index (χ4n) is 5.81. The summed E-state index contributed by atoms with van der Waals surface area (Å²) in [6.07, 6.45) is -2.29. The number of rotatable bonds is 11. The van der Waals surface area contributed by atoms with E-state index in [4.69, 9.17) is 26.8 Å². The second kappa shape index (κ2) is 12.4. The number of pyridine rings is 1. The molecule has 2 aliphatic carbocycles. The van der Waals surface area contributed by atoms with E-state index in [1.807, 2.05) is 4.72 Å². The summed E-state index contributed by atoms with van der Waals surface area (Å²) in [5.74, 6) is -2.78. The Hall–Kier alpha value is -3.30. The number of ether oxygens (including phenoxy) is 2. The molecular weight excluding hydrogens is 648 g/mol. The van der Waals surface area contributed by atoms with E-state index < -0.39 is 80.9 Å². The second-order valence-corrected chi connectivity index (χ2v) is 15.7. The molecule has 16 heteroatoms. The Morgan fingerprint density at radius 2 is 1.91 bits per heavy atom. The number of nitrogens with one attached hydrogen (secondary N) is 2. The predicted octanol–water partition coefficient (Wildman–Crippen LogP) is 2.76. The molecule has 3 fully saturated rings. The van der Waals surface area contributed by atoms with Gasteiger partial charge in [-0.3, -0.25) is 19.1 Å². The monoisotopic (exact) mass is 685 g/mol. The molecule has 2 saturated carbocycles. The minimum atomic E-state index is -4.02.